The van der Waals surface area contributed by atoms with E-state index in [0.29, 0.717) is 6.04 Å². The lowest BCUT2D eigenvalue weighted by Crippen LogP contribution is -2.32. The Kier molecular flexibility index (Phi) is 5.56. The van der Waals surface area contributed by atoms with Crippen LogP contribution in [0.4, 0.5) is 11.4 Å². The van der Waals surface area contributed by atoms with E-state index in [1.54, 1.807) is 0 Å². The van der Waals surface area contributed by atoms with Crippen molar-refractivity contribution in [1.82, 2.24) is 0 Å². The first-order valence-corrected chi connectivity index (χ1v) is 7.84. The standard InChI is InChI=1S/C18H28N2O.ClH/c1-11(2)20-9-8-14-12(3)10-13(4)15(16(14)20)19-17(21)18(5,6)7;/h10-11H,8-9H2,1-7H3,(H,19,21);1H. The van der Waals surface area contributed by atoms with Crippen LogP contribution in [0.25, 0.3) is 0 Å². The van der Waals surface area contributed by atoms with Crippen LogP contribution in [-0.4, -0.2) is 18.5 Å². The average Bonchev–Trinajstić information content (AvgIpc) is 2.77. The van der Waals surface area contributed by atoms with Crippen LogP contribution in [0.2, 0.25) is 0 Å². The van der Waals surface area contributed by atoms with E-state index in [-0.39, 0.29) is 23.7 Å². The van der Waals surface area contributed by atoms with Gasteiger partial charge in [0.2, 0.25) is 5.91 Å². The number of rotatable bonds is 2. The van der Waals surface area contributed by atoms with Crippen molar-refractivity contribution in [3.8, 4) is 0 Å². The fourth-order valence-corrected chi connectivity index (χ4v) is 2.96. The summed E-state index contributed by atoms with van der Waals surface area (Å²) in [5.74, 6) is 0.0762. The molecule has 1 heterocycles. The van der Waals surface area contributed by atoms with Gasteiger partial charge in [0.1, 0.15) is 0 Å². The van der Waals surface area contributed by atoms with E-state index >= 15 is 0 Å². The summed E-state index contributed by atoms with van der Waals surface area (Å²) >= 11 is 0. The van der Waals surface area contributed by atoms with Crippen molar-refractivity contribution in [2.24, 2.45) is 5.41 Å². The van der Waals surface area contributed by atoms with Crippen molar-refractivity contribution >= 4 is 29.7 Å². The van der Waals surface area contributed by atoms with Gasteiger partial charge in [-0.3, -0.25) is 4.79 Å². The summed E-state index contributed by atoms with van der Waals surface area (Å²) in [6.07, 6.45) is 1.07. The average molecular weight is 325 g/mol. The number of halogens is 1. The number of anilines is 2. The molecule has 22 heavy (non-hydrogen) atoms. The van der Waals surface area contributed by atoms with Crippen LogP contribution in [0.15, 0.2) is 6.07 Å². The van der Waals surface area contributed by atoms with Crippen LogP contribution in [0.3, 0.4) is 0 Å². The van der Waals surface area contributed by atoms with Gasteiger partial charge in [-0.2, -0.15) is 0 Å². The zero-order valence-corrected chi connectivity index (χ0v) is 15.6. The van der Waals surface area contributed by atoms with Crippen molar-refractivity contribution in [3.05, 3.63) is 22.8 Å². The second kappa shape index (κ2) is 6.49. The number of carbonyl (C=O) groups is 1. The minimum Gasteiger partial charge on any atom is -0.367 e. The first kappa shape index (κ1) is 18.8. The predicted octanol–water partition coefficient (Wildman–Crippen LogP) is 4.48. The van der Waals surface area contributed by atoms with Crippen molar-refractivity contribution in [2.45, 2.75) is 60.9 Å². The van der Waals surface area contributed by atoms with Gasteiger partial charge in [-0.05, 0) is 50.8 Å². The van der Waals surface area contributed by atoms with Crippen LogP contribution in [0, 0.1) is 19.3 Å². The maximum absolute atomic E-state index is 12.4. The van der Waals surface area contributed by atoms with Gasteiger partial charge in [-0.15, -0.1) is 12.4 Å². The SMILES string of the molecule is Cc1cc(C)c(NC(=O)C(C)(C)C)c2c1CCN2C(C)C.Cl. The molecule has 124 valence electrons. The van der Waals surface area contributed by atoms with Gasteiger partial charge in [0, 0.05) is 18.0 Å². The van der Waals surface area contributed by atoms with E-state index in [1.807, 2.05) is 20.8 Å². The quantitative estimate of drug-likeness (QED) is 0.869. The second-order valence-electron chi connectivity index (χ2n) is 7.45. The summed E-state index contributed by atoms with van der Waals surface area (Å²) in [4.78, 5) is 14.8. The van der Waals surface area contributed by atoms with Crippen molar-refractivity contribution in [3.63, 3.8) is 0 Å². The molecule has 4 heteroatoms. The molecule has 0 unspecified atom stereocenters. The highest BCUT2D eigenvalue weighted by atomic mass is 35.5. The molecule has 1 aliphatic heterocycles. The molecular weight excluding hydrogens is 296 g/mol. The molecule has 0 bridgehead atoms. The maximum Gasteiger partial charge on any atom is 0.229 e. The molecule has 1 aromatic carbocycles. The smallest absolute Gasteiger partial charge is 0.229 e. The third-order valence-corrected chi connectivity index (χ3v) is 4.26. The Morgan fingerprint density at radius 1 is 1.23 bits per heavy atom. The minimum atomic E-state index is -0.383. The van der Waals surface area contributed by atoms with Crippen LogP contribution < -0.4 is 10.2 Å². The Morgan fingerprint density at radius 2 is 1.82 bits per heavy atom. The molecule has 0 saturated heterocycles. The minimum absolute atomic E-state index is 0. The fourth-order valence-electron chi connectivity index (χ4n) is 2.96. The number of benzene rings is 1. The van der Waals surface area contributed by atoms with E-state index in [0.717, 1.165) is 24.2 Å². The molecule has 0 saturated carbocycles. The number of hydrogen-bond acceptors (Lipinski definition) is 2. The monoisotopic (exact) mass is 324 g/mol. The van der Waals surface area contributed by atoms with Crippen LogP contribution in [0.1, 0.15) is 51.3 Å². The highest BCUT2D eigenvalue weighted by Gasteiger charge is 2.30. The number of aryl methyl sites for hydroxylation is 2. The molecule has 3 nitrogen and oxygen atoms in total. The van der Waals surface area contributed by atoms with E-state index < -0.39 is 0 Å². The fraction of sp³-hybridized carbons (Fsp3) is 0.611. The van der Waals surface area contributed by atoms with E-state index in [1.165, 1.54) is 16.8 Å². The molecule has 1 N–H and O–H groups in total. The topological polar surface area (TPSA) is 32.3 Å². The number of nitrogens with zero attached hydrogens (tertiary/aromatic N) is 1. The number of nitrogens with one attached hydrogen (secondary N) is 1. The van der Waals surface area contributed by atoms with Crippen molar-refractivity contribution < 1.29 is 4.79 Å². The highest BCUT2D eigenvalue weighted by Crippen LogP contribution is 2.41. The summed E-state index contributed by atoms with van der Waals surface area (Å²) in [6.45, 7) is 15.6. The van der Waals surface area contributed by atoms with E-state index in [9.17, 15) is 4.79 Å². The summed E-state index contributed by atoms with van der Waals surface area (Å²) < 4.78 is 0. The van der Waals surface area contributed by atoms with Gasteiger partial charge in [0.15, 0.2) is 0 Å². The lowest BCUT2D eigenvalue weighted by molar-refractivity contribution is -0.123. The van der Waals surface area contributed by atoms with Crippen molar-refractivity contribution in [1.29, 1.82) is 0 Å². The zero-order valence-electron chi connectivity index (χ0n) is 14.8. The molecule has 1 aromatic rings. The molecule has 1 aliphatic rings. The summed E-state index contributed by atoms with van der Waals surface area (Å²) in [7, 11) is 0. The lowest BCUT2D eigenvalue weighted by Gasteiger charge is -2.29. The molecule has 0 aliphatic carbocycles. The van der Waals surface area contributed by atoms with Gasteiger partial charge in [0.25, 0.3) is 0 Å². The van der Waals surface area contributed by atoms with Gasteiger partial charge in [-0.1, -0.05) is 26.8 Å². The number of amides is 1. The normalized spacial score (nSPS) is 13.9. The van der Waals surface area contributed by atoms with E-state index in [4.69, 9.17) is 0 Å². The molecular formula is C18H29ClN2O. The summed E-state index contributed by atoms with van der Waals surface area (Å²) in [5.41, 5.74) is 5.72. The first-order valence-electron chi connectivity index (χ1n) is 7.84. The Labute approximate surface area is 140 Å². The number of hydrogen-bond donors (Lipinski definition) is 1. The van der Waals surface area contributed by atoms with Crippen LogP contribution in [0.5, 0.6) is 0 Å². The Bertz CT molecular complexity index is 573. The zero-order chi connectivity index (χ0) is 15.9. The largest absolute Gasteiger partial charge is 0.367 e. The second-order valence-corrected chi connectivity index (χ2v) is 7.45. The number of fused-ring (bicyclic) bond motifs is 1. The third-order valence-electron chi connectivity index (χ3n) is 4.26. The Morgan fingerprint density at radius 3 is 2.32 bits per heavy atom. The highest BCUT2D eigenvalue weighted by molar-refractivity contribution is 5.99. The van der Waals surface area contributed by atoms with Crippen molar-refractivity contribution in [2.75, 3.05) is 16.8 Å². The van der Waals surface area contributed by atoms with Crippen LogP contribution in [-0.2, 0) is 11.2 Å². The summed E-state index contributed by atoms with van der Waals surface area (Å²) in [5, 5.41) is 3.18. The Hall–Kier alpha value is -1.22. The number of carbonyl (C=O) groups excluding carboxylic acids is 1. The third kappa shape index (κ3) is 3.40. The maximum atomic E-state index is 12.4. The van der Waals surface area contributed by atoms with Gasteiger partial charge < -0.3 is 10.2 Å². The lowest BCUT2D eigenvalue weighted by atomic mass is 9.94. The molecule has 0 aromatic heterocycles. The first-order chi connectivity index (χ1) is 9.62. The van der Waals surface area contributed by atoms with Gasteiger partial charge in [-0.25, -0.2) is 0 Å². The molecule has 2 rings (SSSR count). The Balaban J connectivity index is 0.00000242. The molecule has 0 atom stereocenters. The van der Waals surface area contributed by atoms with E-state index in [2.05, 4.69) is 44.0 Å². The predicted molar refractivity (Wildman–Crippen MR) is 97.4 cm³/mol. The summed E-state index contributed by atoms with van der Waals surface area (Å²) in [6, 6.07) is 2.64. The molecule has 0 fully saturated rings. The molecule has 0 spiro atoms. The van der Waals surface area contributed by atoms with Gasteiger partial charge >= 0.3 is 0 Å². The molecule has 1 amide bonds. The van der Waals surface area contributed by atoms with Crippen LogP contribution >= 0.6 is 12.4 Å². The molecule has 0 radical (unpaired) electrons. The van der Waals surface area contributed by atoms with Gasteiger partial charge in [0.05, 0.1) is 11.4 Å².